The van der Waals surface area contributed by atoms with Gasteiger partial charge in [0.25, 0.3) is 0 Å². The van der Waals surface area contributed by atoms with Gasteiger partial charge in [0.05, 0.1) is 0 Å². The standard InChI is InChI=1S/C7H11N4O2/c1-2-8-3-4-11-5-9-10-6(12)7(11)13/h8H,2-4H2,1H3,(H,10,12). The zero-order valence-corrected chi connectivity index (χ0v) is 7.33. The Balaban J connectivity index is 2.72. The van der Waals surface area contributed by atoms with E-state index in [-0.39, 0.29) is 0 Å². The van der Waals surface area contributed by atoms with E-state index in [1.807, 2.05) is 12.0 Å². The number of hydrogen-bond donors (Lipinski definition) is 2. The van der Waals surface area contributed by atoms with E-state index in [1.54, 1.807) is 0 Å². The number of likely N-dealkylation sites (N-methyl/N-ethyl adjacent to an activating group) is 1. The summed E-state index contributed by atoms with van der Waals surface area (Å²) in [6.45, 7) is 3.82. The number of aromatic nitrogens is 3. The average molecular weight is 183 g/mol. The van der Waals surface area contributed by atoms with Crippen molar-refractivity contribution in [2.75, 3.05) is 13.1 Å². The minimum absolute atomic E-state index is 0.406. The quantitative estimate of drug-likeness (QED) is 0.432. The van der Waals surface area contributed by atoms with Crippen LogP contribution in [0.3, 0.4) is 0 Å². The highest BCUT2D eigenvalue weighted by Crippen LogP contribution is 1.70. The molecule has 0 atom stereocenters. The van der Waals surface area contributed by atoms with Gasteiger partial charge in [0.15, 0.2) is 0 Å². The van der Waals surface area contributed by atoms with Crippen molar-refractivity contribution >= 4 is 0 Å². The Bertz CT molecular complexity index is 367. The molecule has 0 saturated heterocycles. The van der Waals surface area contributed by atoms with Crippen LogP contribution in [0.5, 0.6) is 0 Å². The van der Waals surface area contributed by atoms with Crippen molar-refractivity contribution in [3.63, 3.8) is 0 Å². The minimum Gasteiger partial charge on any atom is -0.315 e. The molecule has 0 aliphatic heterocycles. The largest absolute Gasteiger partial charge is 0.330 e. The molecule has 2 N–H and O–H groups in total. The van der Waals surface area contributed by atoms with E-state index in [0.29, 0.717) is 13.1 Å². The van der Waals surface area contributed by atoms with Gasteiger partial charge in [0, 0.05) is 13.1 Å². The Morgan fingerprint density at radius 3 is 3.08 bits per heavy atom. The summed E-state index contributed by atoms with van der Waals surface area (Å²) in [5, 5.41) is 8.44. The lowest BCUT2D eigenvalue weighted by Gasteiger charge is -2.02. The van der Waals surface area contributed by atoms with E-state index in [9.17, 15) is 9.59 Å². The molecule has 1 aromatic rings. The van der Waals surface area contributed by atoms with E-state index in [4.69, 9.17) is 0 Å². The van der Waals surface area contributed by atoms with E-state index < -0.39 is 11.1 Å². The Kier molecular flexibility index (Phi) is 3.39. The molecule has 0 aliphatic carbocycles. The fraction of sp³-hybridized carbons (Fsp3) is 0.571. The van der Waals surface area contributed by atoms with Gasteiger partial charge in [-0.3, -0.25) is 14.2 Å². The Hall–Kier alpha value is -1.43. The van der Waals surface area contributed by atoms with Gasteiger partial charge in [-0.15, -0.1) is 0 Å². The molecule has 6 nitrogen and oxygen atoms in total. The second-order valence-corrected chi connectivity index (χ2v) is 2.46. The summed E-state index contributed by atoms with van der Waals surface area (Å²) in [7, 11) is 0. The second-order valence-electron chi connectivity index (χ2n) is 2.46. The summed E-state index contributed by atoms with van der Waals surface area (Å²) in [5.74, 6) is 0. The molecule has 71 valence electrons. The SMILES string of the molecule is CCNCCn1[c]n[nH]c(=O)c1=O. The molecular weight excluding hydrogens is 172 g/mol. The fourth-order valence-corrected chi connectivity index (χ4v) is 0.871. The van der Waals surface area contributed by atoms with Gasteiger partial charge in [0.1, 0.15) is 0 Å². The molecule has 0 spiro atoms. The van der Waals surface area contributed by atoms with Gasteiger partial charge in [-0.05, 0) is 6.54 Å². The summed E-state index contributed by atoms with van der Waals surface area (Å²) in [6, 6.07) is 0. The summed E-state index contributed by atoms with van der Waals surface area (Å²) >= 11 is 0. The van der Waals surface area contributed by atoms with Crippen molar-refractivity contribution in [1.29, 1.82) is 0 Å². The van der Waals surface area contributed by atoms with Crippen LogP contribution in [-0.4, -0.2) is 27.9 Å². The maximum absolute atomic E-state index is 11.1. The molecule has 0 unspecified atom stereocenters. The number of nitrogens with one attached hydrogen (secondary N) is 2. The number of aromatic amines is 1. The van der Waals surface area contributed by atoms with Crippen molar-refractivity contribution in [1.82, 2.24) is 20.1 Å². The summed E-state index contributed by atoms with van der Waals surface area (Å²) in [5.41, 5.74) is -1.33. The van der Waals surface area contributed by atoms with Gasteiger partial charge in [-0.2, -0.15) is 5.10 Å². The number of nitrogens with zero attached hydrogens (tertiary/aromatic N) is 2. The normalized spacial score (nSPS) is 10.2. The van der Waals surface area contributed by atoms with Gasteiger partial charge in [-0.25, -0.2) is 5.10 Å². The van der Waals surface area contributed by atoms with Crippen LogP contribution in [0.4, 0.5) is 0 Å². The van der Waals surface area contributed by atoms with Gasteiger partial charge in [-0.1, -0.05) is 6.92 Å². The van der Waals surface area contributed by atoms with Crippen molar-refractivity contribution in [2.45, 2.75) is 13.5 Å². The lowest BCUT2D eigenvalue weighted by molar-refractivity contribution is 0.573. The van der Waals surface area contributed by atoms with E-state index in [2.05, 4.69) is 16.7 Å². The summed E-state index contributed by atoms with van der Waals surface area (Å²) in [4.78, 5) is 21.9. The fourth-order valence-electron chi connectivity index (χ4n) is 0.871. The zero-order valence-electron chi connectivity index (χ0n) is 7.33. The molecule has 0 amide bonds. The van der Waals surface area contributed by atoms with Crippen molar-refractivity contribution < 1.29 is 0 Å². The average Bonchev–Trinajstić information content (AvgIpc) is 2.13. The van der Waals surface area contributed by atoms with Crippen LogP contribution in [0.2, 0.25) is 0 Å². The molecule has 0 aliphatic rings. The van der Waals surface area contributed by atoms with Crippen LogP contribution in [0, 0.1) is 6.33 Å². The number of rotatable bonds is 4. The molecule has 1 radical (unpaired) electrons. The molecular formula is C7H11N4O2. The van der Waals surface area contributed by atoms with Crippen LogP contribution in [-0.2, 0) is 6.54 Å². The van der Waals surface area contributed by atoms with Crippen molar-refractivity contribution in [3.8, 4) is 0 Å². The monoisotopic (exact) mass is 183 g/mol. The van der Waals surface area contributed by atoms with Gasteiger partial charge < -0.3 is 5.32 Å². The van der Waals surface area contributed by atoms with Crippen LogP contribution in [0.1, 0.15) is 6.92 Å². The van der Waals surface area contributed by atoms with E-state index in [1.165, 1.54) is 0 Å². The molecule has 1 heterocycles. The van der Waals surface area contributed by atoms with Crippen LogP contribution < -0.4 is 16.4 Å². The molecule has 6 heteroatoms. The van der Waals surface area contributed by atoms with Gasteiger partial charge >= 0.3 is 11.1 Å². The maximum atomic E-state index is 11.1. The highest BCUT2D eigenvalue weighted by Gasteiger charge is 1.99. The first kappa shape index (κ1) is 9.66. The smallest absolute Gasteiger partial charge is 0.315 e. The van der Waals surface area contributed by atoms with Crippen molar-refractivity contribution in [2.24, 2.45) is 0 Å². The van der Waals surface area contributed by atoms with E-state index in [0.717, 1.165) is 11.1 Å². The first-order valence-corrected chi connectivity index (χ1v) is 4.03. The summed E-state index contributed by atoms with van der Waals surface area (Å²) < 4.78 is 1.15. The number of hydrogen-bond acceptors (Lipinski definition) is 4. The lowest BCUT2D eigenvalue weighted by atomic mass is 10.5. The Morgan fingerprint density at radius 2 is 2.38 bits per heavy atom. The minimum atomic E-state index is -0.713. The first-order chi connectivity index (χ1) is 6.25. The Labute approximate surface area is 74.6 Å². The van der Waals surface area contributed by atoms with Crippen LogP contribution in [0.15, 0.2) is 9.59 Å². The molecule has 0 bridgehead atoms. The van der Waals surface area contributed by atoms with Gasteiger partial charge in [0.2, 0.25) is 6.33 Å². The Morgan fingerprint density at radius 1 is 1.62 bits per heavy atom. The van der Waals surface area contributed by atoms with E-state index >= 15 is 0 Å². The highest BCUT2D eigenvalue weighted by molar-refractivity contribution is 4.73. The predicted molar refractivity (Wildman–Crippen MR) is 46.5 cm³/mol. The molecule has 1 aromatic heterocycles. The second kappa shape index (κ2) is 4.56. The molecule has 1 rings (SSSR count). The maximum Gasteiger partial charge on any atom is 0.330 e. The lowest BCUT2D eigenvalue weighted by Crippen LogP contribution is -2.38. The molecule has 0 saturated carbocycles. The molecule has 0 fully saturated rings. The molecule has 0 aromatic carbocycles. The van der Waals surface area contributed by atoms with Crippen LogP contribution >= 0.6 is 0 Å². The summed E-state index contributed by atoms with van der Waals surface area (Å²) in [6.07, 6.45) is 2.40. The highest BCUT2D eigenvalue weighted by atomic mass is 16.2. The predicted octanol–water partition coefficient (Wildman–Crippen LogP) is -1.66. The van der Waals surface area contributed by atoms with Crippen LogP contribution in [0.25, 0.3) is 0 Å². The third-order valence-corrected chi connectivity index (χ3v) is 1.53. The topological polar surface area (TPSA) is 79.8 Å². The van der Waals surface area contributed by atoms with Crippen molar-refractivity contribution in [3.05, 3.63) is 27.0 Å². The first-order valence-electron chi connectivity index (χ1n) is 4.03. The third kappa shape index (κ3) is 2.51. The third-order valence-electron chi connectivity index (χ3n) is 1.53. The number of H-pyrrole nitrogens is 1. The zero-order chi connectivity index (χ0) is 9.68. The molecule has 13 heavy (non-hydrogen) atoms.